The molecule has 1 aliphatic carbocycles. The molecule has 0 amide bonds. The normalized spacial score (nSPS) is 27.6. The van der Waals surface area contributed by atoms with Crippen LogP contribution in [0, 0.1) is 11.8 Å². The Morgan fingerprint density at radius 1 is 1.38 bits per heavy atom. The zero-order chi connectivity index (χ0) is 11.7. The first kappa shape index (κ1) is 11.6. The third-order valence-corrected chi connectivity index (χ3v) is 3.52. The summed E-state index contributed by atoms with van der Waals surface area (Å²) in [5, 5.41) is 4.07. The molecule has 0 radical (unpaired) electrons. The first-order valence-corrected chi connectivity index (χ1v) is 6.17. The van der Waals surface area contributed by atoms with Crippen molar-refractivity contribution in [1.29, 1.82) is 0 Å². The molecule has 1 aromatic heterocycles. The summed E-state index contributed by atoms with van der Waals surface area (Å²) in [7, 11) is 0. The van der Waals surface area contributed by atoms with Crippen molar-refractivity contribution in [3.8, 4) is 0 Å². The Morgan fingerprint density at radius 3 is 2.69 bits per heavy atom. The Kier molecular flexibility index (Phi) is 3.28. The quantitative estimate of drug-likeness (QED) is 0.855. The lowest BCUT2D eigenvalue weighted by Gasteiger charge is -2.09. The predicted molar refractivity (Wildman–Crippen MR) is 61.8 cm³/mol. The van der Waals surface area contributed by atoms with Crippen LogP contribution in [-0.2, 0) is 0 Å². The number of aromatic nitrogens is 2. The summed E-state index contributed by atoms with van der Waals surface area (Å²) in [4.78, 5) is 4.45. The Morgan fingerprint density at radius 2 is 2.12 bits per heavy atom. The molecule has 0 spiro atoms. The van der Waals surface area contributed by atoms with E-state index in [9.17, 15) is 0 Å². The molecule has 3 atom stereocenters. The molecular formula is C12H21N3O. The van der Waals surface area contributed by atoms with Gasteiger partial charge in [0.1, 0.15) is 0 Å². The Balaban J connectivity index is 2.07. The molecule has 1 aromatic rings. The van der Waals surface area contributed by atoms with Crippen molar-refractivity contribution in [2.24, 2.45) is 17.6 Å². The molecule has 0 aromatic carbocycles. The molecule has 16 heavy (non-hydrogen) atoms. The van der Waals surface area contributed by atoms with Gasteiger partial charge in [-0.25, -0.2) is 0 Å². The molecule has 1 fully saturated rings. The Labute approximate surface area is 96.6 Å². The molecule has 4 heteroatoms. The third kappa shape index (κ3) is 2.26. The maximum Gasteiger partial charge on any atom is 0.243 e. The second kappa shape index (κ2) is 4.53. The summed E-state index contributed by atoms with van der Waals surface area (Å²) in [5.41, 5.74) is 5.98. The third-order valence-electron chi connectivity index (χ3n) is 3.52. The van der Waals surface area contributed by atoms with Crippen molar-refractivity contribution in [3.63, 3.8) is 0 Å². The van der Waals surface area contributed by atoms with Gasteiger partial charge in [0.2, 0.25) is 5.89 Å². The lowest BCUT2D eigenvalue weighted by Crippen LogP contribution is -2.17. The van der Waals surface area contributed by atoms with Gasteiger partial charge < -0.3 is 10.3 Å². The van der Waals surface area contributed by atoms with Crippen LogP contribution >= 0.6 is 0 Å². The van der Waals surface area contributed by atoms with Crippen LogP contribution in [0.15, 0.2) is 4.52 Å². The van der Waals surface area contributed by atoms with E-state index in [1.807, 2.05) is 0 Å². The minimum absolute atomic E-state index is 0.139. The zero-order valence-electron chi connectivity index (χ0n) is 10.3. The van der Waals surface area contributed by atoms with E-state index >= 15 is 0 Å². The fourth-order valence-electron chi connectivity index (χ4n) is 2.28. The lowest BCUT2D eigenvalue weighted by atomic mass is 10.0. The van der Waals surface area contributed by atoms with Gasteiger partial charge >= 0.3 is 0 Å². The average molecular weight is 223 g/mol. The standard InChI is InChI=1S/C12H21N3O/c1-7(2)10(13)12-14-11(15-16-12)9-5-4-8(3)6-9/h7-10H,4-6,13H2,1-3H3. The van der Waals surface area contributed by atoms with Gasteiger partial charge in [-0.2, -0.15) is 4.98 Å². The fourth-order valence-corrected chi connectivity index (χ4v) is 2.28. The van der Waals surface area contributed by atoms with E-state index in [-0.39, 0.29) is 6.04 Å². The van der Waals surface area contributed by atoms with E-state index in [2.05, 4.69) is 30.9 Å². The smallest absolute Gasteiger partial charge is 0.243 e. The number of rotatable bonds is 3. The largest absolute Gasteiger partial charge is 0.338 e. The van der Waals surface area contributed by atoms with E-state index in [4.69, 9.17) is 10.3 Å². The van der Waals surface area contributed by atoms with Gasteiger partial charge in [0.15, 0.2) is 5.82 Å². The molecule has 1 aliphatic rings. The molecule has 0 bridgehead atoms. The van der Waals surface area contributed by atoms with E-state index < -0.39 is 0 Å². The van der Waals surface area contributed by atoms with Crippen LogP contribution in [0.1, 0.15) is 63.7 Å². The highest BCUT2D eigenvalue weighted by Gasteiger charge is 2.28. The van der Waals surface area contributed by atoms with Gasteiger partial charge in [-0.15, -0.1) is 0 Å². The summed E-state index contributed by atoms with van der Waals surface area (Å²) in [5.74, 6) is 3.04. The molecule has 1 heterocycles. The highest BCUT2D eigenvalue weighted by atomic mass is 16.5. The van der Waals surface area contributed by atoms with E-state index in [0.717, 1.165) is 11.7 Å². The van der Waals surface area contributed by atoms with Crippen LogP contribution in [0.5, 0.6) is 0 Å². The molecule has 90 valence electrons. The van der Waals surface area contributed by atoms with Crippen LogP contribution in [-0.4, -0.2) is 10.1 Å². The summed E-state index contributed by atoms with van der Waals surface area (Å²) < 4.78 is 5.25. The van der Waals surface area contributed by atoms with Crippen molar-refractivity contribution in [1.82, 2.24) is 10.1 Å². The fraction of sp³-hybridized carbons (Fsp3) is 0.833. The monoisotopic (exact) mass is 223 g/mol. The van der Waals surface area contributed by atoms with E-state index in [1.54, 1.807) is 0 Å². The van der Waals surface area contributed by atoms with Gasteiger partial charge in [-0.05, 0) is 31.1 Å². The molecule has 2 N–H and O–H groups in total. The predicted octanol–water partition coefficient (Wildman–Crippen LogP) is 2.63. The first-order chi connectivity index (χ1) is 7.58. The van der Waals surface area contributed by atoms with Crippen LogP contribution in [0.2, 0.25) is 0 Å². The lowest BCUT2D eigenvalue weighted by molar-refractivity contribution is 0.321. The van der Waals surface area contributed by atoms with Crippen molar-refractivity contribution in [3.05, 3.63) is 11.7 Å². The summed E-state index contributed by atoms with van der Waals surface area (Å²) >= 11 is 0. The highest BCUT2D eigenvalue weighted by Crippen LogP contribution is 2.36. The van der Waals surface area contributed by atoms with Crippen molar-refractivity contribution < 1.29 is 4.52 Å². The SMILES string of the molecule is CC1CCC(c2noc(C(N)C(C)C)n2)C1. The maximum absolute atomic E-state index is 5.98. The van der Waals surface area contributed by atoms with Gasteiger partial charge in [0.05, 0.1) is 6.04 Å². The minimum atomic E-state index is -0.139. The average Bonchev–Trinajstić information content (AvgIpc) is 2.84. The number of hydrogen-bond donors (Lipinski definition) is 1. The molecule has 3 unspecified atom stereocenters. The van der Waals surface area contributed by atoms with E-state index in [1.165, 1.54) is 19.3 Å². The summed E-state index contributed by atoms with van der Waals surface area (Å²) in [6.07, 6.45) is 3.62. The summed E-state index contributed by atoms with van der Waals surface area (Å²) in [6, 6.07) is -0.139. The van der Waals surface area contributed by atoms with Gasteiger partial charge in [0, 0.05) is 5.92 Å². The first-order valence-electron chi connectivity index (χ1n) is 6.17. The number of hydrogen-bond acceptors (Lipinski definition) is 4. The Hall–Kier alpha value is -0.900. The molecular weight excluding hydrogens is 202 g/mol. The highest BCUT2D eigenvalue weighted by molar-refractivity contribution is 5.01. The van der Waals surface area contributed by atoms with Crippen LogP contribution in [0.25, 0.3) is 0 Å². The topological polar surface area (TPSA) is 64.9 Å². The van der Waals surface area contributed by atoms with E-state index in [0.29, 0.717) is 17.7 Å². The van der Waals surface area contributed by atoms with Crippen LogP contribution in [0.4, 0.5) is 0 Å². The molecule has 1 saturated carbocycles. The van der Waals surface area contributed by atoms with Gasteiger partial charge in [-0.3, -0.25) is 0 Å². The number of nitrogens with two attached hydrogens (primary N) is 1. The van der Waals surface area contributed by atoms with Crippen molar-refractivity contribution >= 4 is 0 Å². The second-order valence-corrected chi connectivity index (χ2v) is 5.38. The van der Waals surface area contributed by atoms with Gasteiger partial charge in [0.25, 0.3) is 0 Å². The second-order valence-electron chi connectivity index (χ2n) is 5.38. The molecule has 0 saturated heterocycles. The van der Waals surface area contributed by atoms with Crippen molar-refractivity contribution in [2.45, 2.75) is 52.0 Å². The molecule has 4 nitrogen and oxygen atoms in total. The van der Waals surface area contributed by atoms with Crippen molar-refractivity contribution in [2.75, 3.05) is 0 Å². The molecule has 0 aliphatic heterocycles. The zero-order valence-corrected chi connectivity index (χ0v) is 10.3. The minimum Gasteiger partial charge on any atom is -0.338 e. The van der Waals surface area contributed by atoms with Crippen LogP contribution < -0.4 is 5.73 Å². The summed E-state index contributed by atoms with van der Waals surface area (Å²) in [6.45, 7) is 6.40. The number of nitrogens with zero attached hydrogens (tertiary/aromatic N) is 2. The maximum atomic E-state index is 5.98. The Bertz CT molecular complexity index is 348. The van der Waals surface area contributed by atoms with Gasteiger partial charge in [-0.1, -0.05) is 25.9 Å². The molecule has 2 rings (SSSR count). The van der Waals surface area contributed by atoms with Crippen LogP contribution in [0.3, 0.4) is 0 Å².